The van der Waals surface area contributed by atoms with Crippen LogP contribution in [0.2, 0.25) is 0 Å². The molecule has 1 aromatic rings. The van der Waals surface area contributed by atoms with E-state index in [4.69, 9.17) is 0 Å². The Morgan fingerprint density at radius 3 is 2.64 bits per heavy atom. The van der Waals surface area contributed by atoms with Crippen LogP contribution < -0.4 is 0 Å². The molecule has 0 saturated heterocycles. The van der Waals surface area contributed by atoms with Crippen LogP contribution in [0.4, 0.5) is 0 Å². The third-order valence-corrected chi connectivity index (χ3v) is 2.35. The molecule has 1 rings (SSSR count). The zero-order chi connectivity index (χ0) is 10.4. The summed E-state index contributed by atoms with van der Waals surface area (Å²) in [5.41, 5.74) is 2.26. The van der Waals surface area contributed by atoms with E-state index in [1.807, 2.05) is 19.2 Å². The number of aryl methyl sites for hydroxylation is 2. The third kappa shape index (κ3) is 3.29. The van der Waals surface area contributed by atoms with Crippen LogP contribution in [0.5, 0.6) is 0 Å². The van der Waals surface area contributed by atoms with Crippen molar-refractivity contribution in [3.05, 3.63) is 29.6 Å². The SMILES string of the molecule is CCC(=O)CCc1ccc(CC)cn1. The van der Waals surface area contributed by atoms with E-state index < -0.39 is 0 Å². The Balaban J connectivity index is 2.47. The van der Waals surface area contributed by atoms with Crippen molar-refractivity contribution in [2.45, 2.75) is 39.5 Å². The number of Topliss-reactive ketones (excluding diaryl/α,β-unsaturated/α-hetero) is 1. The highest BCUT2D eigenvalue weighted by Gasteiger charge is 2.00. The van der Waals surface area contributed by atoms with Crippen LogP contribution in [0, 0.1) is 0 Å². The lowest BCUT2D eigenvalue weighted by molar-refractivity contribution is -0.118. The normalized spacial score (nSPS) is 10.1. The van der Waals surface area contributed by atoms with E-state index in [2.05, 4.69) is 18.0 Å². The molecular weight excluding hydrogens is 174 g/mol. The van der Waals surface area contributed by atoms with Gasteiger partial charge in [0, 0.05) is 24.7 Å². The van der Waals surface area contributed by atoms with E-state index in [1.54, 1.807) is 0 Å². The molecule has 0 aromatic carbocycles. The summed E-state index contributed by atoms with van der Waals surface area (Å²) < 4.78 is 0. The van der Waals surface area contributed by atoms with Crippen LogP contribution in [-0.4, -0.2) is 10.8 Å². The van der Waals surface area contributed by atoms with Gasteiger partial charge < -0.3 is 0 Å². The number of nitrogens with zero attached hydrogens (tertiary/aromatic N) is 1. The minimum absolute atomic E-state index is 0.311. The summed E-state index contributed by atoms with van der Waals surface area (Å²) in [5, 5.41) is 0. The first kappa shape index (κ1) is 10.9. The van der Waals surface area contributed by atoms with Crippen LogP contribution in [0.25, 0.3) is 0 Å². The van der Waals surface area contributed by atoms with Gasteiger partial charge in [0.15, 0.2) is 0 Å². The second kappa shape index (κ2) is 5.53. The zero-order valence-corrected chi connectivity index (χ0v) is 8.92. The lowest BCUT2D eigenvalue weighted by Crippen LogP contribution is -1.99. The number of aromatic nitrogens is 1. The van der Waals surface area contributed by atoms with Crippen molar-refractivity contribution >= 4 is 5.78 Å². The number of hydrogen-bond acceptors (Lipinski definition) is 2. The first-order chi connectivity index (χ1) is 6.76. The molecule has 0 bridgehead atoms. The number of ketones is 1. The van der Waals surface area contributed by atoms with Gasteiger partial charge in [-0.3, -0.25) is 9.78 Å². The first-order valence-electron chi connectivity index (χ1n) is 5.21. The molecule has 0 radical (unpaired) electrons. The number of hydrogen-bond donors (Lipinski definition) is 0. The largest absolute Gasteiger partial charge is 0.300 e. The fourth-order valence-electron chi connectivity index (χ4n) is 1.26. The van der Waals surface area contributed by atoms with Crippen molar-refractivity contribution in [3.63, 3.8) is 0 Å². The van der Waals surface area contributed by atoms with Crippen molar-refractivity contribution in [1.82, 2.24) is 4.98 Å². The van der Waals surface area contributed by atoms with Gasteiger partial charge in [-0.25, -0.2) is 0 Å². The van der Waals surface area contributed by atoms with Gasteiger partial charge in [0.2, 0.25) is 0 Å². The van der Waals surface area contributed by atoms with Gasteiger partial charge in [-0.05, 0) is 24.5 Å². The smallest absolute Gasteiger partial charge is 0.133 e. The highest BCUT2D eigenvalue weighted by atomic mass is 16.1. The molecule has 0 aliphatic heterocycles. The highest BCUT2D eigenvalue weighted by Crippen LogP contribution is 2.04. The summed E-state index contributed by atoms with van der Waals surface area (Å²) >= 11 is 0. The first-order valence-corrected chi connectivity index (χ1v) is 5.21. The molecule has 2 nitrogen and oxygen atoms in total. The van der Waals surface area contributed by atoms with Crippen molar-refractivity contribution in [1.29, 1.82) is 0 Å². The lowest BCUT2D eigenvalue weighted by Gasteiger charge is -2.00. The Morgan fingerprint density at radius 1 is 1.36 bits per heavy atom. The monoisotopic (exact) mass is 191 g/mol. The Hall–Kier alpha value is -1.18. The van der Waals surface area contributed by atoms with E-state index in [1.165, 1.54) is 5.56 Å². The minimum Gasteiger partial charge on any atom is -0.300 e. The average molecular weight is 191 g/mol. The van der Waals surface area contributed by atoms with Crippen molar-refractivity contribution in [2.75, 3.05) is 0 Å². The van der Waals surface area contributed by atoms with E-state index in [-0.39, 0.29) is 0 Å². The molecule has 0 spiro atoms. The lowest BCUT2D eigenvalue weighted by atomic mass is 10.1. The Labute approximate surface area is 85.4 Å². The Morgan fingerprint density at radius 2 is 2.14 bits per heavy atom. The molecular formula is C12H17NO. The van der Waals surface area contributed by atoms with Crippen LogP contribution in [0.1, 0.15) is 37.9 Å². The van der Waals surface area contributed by atoms with E-state index in [0.717, 1.165) is 18.5 Å². The van der Waals surface area contributed by atoms with Crippen LogP contribution in [0.15, 0.2) is 18.3 Å². The fraction of sp³-hybridized carbons (Fsp3) is 0.500. The van der Waals surface area contributed by atoms with E-state index in [0.29, 0.717) is 18.6 Å². The average Bonchev–Trinajstić information content (AvgIpc) is 2.26. The molecule has 0 fully saturated rings. The molecule has 0 saturated carbocycles. The predicted molar refractivity (Wildman–Crippen MR) is 57.2 cm³/mol. The maximum atomic E-state index is 11.1. The summed E-state index contributed by atoms with van der Waals surface area (Å²) in [7, 11) is 0. The molecule has 1 aromatic heterocycles. The molecule has 0 aliphatic rings. The van der Waals surface area contributed by atoms with Crippen molar-refractivity contribution < 1.29 is 4.79 Å². The third-order valence-electron chi connectivity index (χ3n) is 2.35. The second-order valence-corrected chi connectivity index (χ2v) is 3.40. The van der Waals surface area contributed by atoms with Crippen molar-refractivity contribution in [3.8, 4) is 0 Å². The summed E-state index contributed by atoms with van der Waals surface area (Å²) in [6.45, 7) is 4.01. The standard InChI is InChI=1S/C12H17NO/c1-3-10-5-6-11(13-9-10)7-8-12(14)4-2/h5-6,9H,3-4,7-8H2,1-2H3. The van der Waals surface area contributed by atoms with Gasteiger partial charge in [0.05, 0.1) is 0 Å². The molecule has 1 heterocycles. The topological polar surface area (TPSA) is 30.0 Å². The molecule has 0 N–H and O–H groups in total. The quantitative estimate of drug-likeness (QED) is 0.716. The van der Waals surface area contributed by atoms with Gasteiger partial charge >= 0.3 is 0 Å². The second-order valence-electron chi connectivity index (χ2n) is 3.40. The maximum absolute atomic E-state index is 11.1. The summed E-state index contributed by atoms with van der Waals surface area (Å²) in [6.07, 6.45) is 4.94. The zero-order valence-electron chi connectivity index (χ0n) is 8.92. The van der Waals surface area contributed by atoms with Crippen molar-refractivity contribution in [2.24, 2.45) is 0 Å². The van der Waals surface area contributed by atoms with Crippen LogP contribution in [0.3, 0.4) is 0 Å². The van der Waals surface area contributed by atoms with Gasteiger partial charge in [-0.15, -0.1) is 0 Å². The van der Waals surface area contributed by atoms with Crippen LogP contribution in [-0.2, 0) is 17.6 Å². The Bertz CT molecular complexity index is 290. The van der Waals surface area contributed by atoms with E-state index >= 15 is 0 Å². The summed E-state index contributed by atoms with van der Waals surface area (Å²) in [5.74, 6) is 0.311. The number of pyridine rings is 1. The number of rotatable bonds is 5. The molecule has 14 heavy (non-hydrogen) atoms. The van der Waals surface area contributed by atoms with Gasteiger partial charge in [0.1, 0.15) is 5.78 Å². The fourth-order valence-corrected chi connectivity index (χ4v) is 1.26. The molecule has 76 valence electrons. The van der Waals surface area contributed by atoms with Crippen LogP contribution >= 0.6 is 0 Å². The molecule has 2 heteroatoms. The maximum Gasteiger partial charge on any atom is 0.133 e. The molecule has 0 aliphatic carbocycles. The van der Waals surface area contributed by atoms with Gasteiger partial charge in [0.25, 0.3) is 0 Å². The molecule has 0 amide bonds. The number of carbonyl (C=O) groups excluding carboxylic acids is 1. The van der Waals surface area contributed by atoms with E-state index in [9.17, 15) is 4.79 Å². The molecule has 0 atom stereocenters. The predicted octanol–water partition coefficient (Wildman–Crippen LogP) is 2.56. The summed E-state index contributed by atoms with van der Waals surface area (Å²) in [6, 6.07) is 4.10. The highest BCUT2D eigenvalue weighted by molar-refractivity contribution is 5.78. The summed E-state index contributed by atoms with van der Waals surface area (Å²) in [4.78, 5) is 15.4. The number of carbonyl (C=O) groups is 1. The van der Waals surface area contributed by atoms with Gasteiger partial charge in [-0.1, -0.05) is 19.9 Å². The molecule has 0 unspecified atom stereocenters. The Kier molecular flexibility index (Phi) is 4.30. The minimum atomic E-state index is 0.311. The van der Waals surface area contributed by atoms with Gasteiger partial charge in [-0.2, -0.15) is 0 Å².